The lowest BCUT2D eigenvalue weighted by Crippen LogP contribution is -2.24. The quantitative estimate of drug-likeness (QED) is 0.361. The first-order chi connectivity index (χ1) is 14.8. The van der Waals surface area contributed by atoms with Crippen molar-refractivity contribution in [3.63, 3.8) is 0 Å². The highest BCUT2D eigenvalue weighted by atomic mass is 79.9. The van der Waals surface area contributed by atoms with E-state index in [1.807, 2.05) is 12.3 Å². The summed E-state index contributed by atoms with van der Waals surface area (Å²) in [5.41, 5.74) is 9.08. The molecule has 9 heteroatoms. The van der Waals surface area contributed by atoms with E-state index in [9.17, 15) is 4.39 Å². The minimum Gasteiger partial charge on any atom is -0.383 e. The molecule has 6 nitrogen and oxygen atoms in total. The molecular weight excluding hydrogens is 483 g/mol. The molecule has 1 fully saturated rings. The first kappa shape index (κ1) is 22.0. The zero-order valence-corrected chi connectivity index (χ0v) is 19.8. The molecule has 3 N–H and O–H groups in total. The summed E-state index contributed by atoms with van der Waals surface area (Å²) in [6.45, 7) is 1.08. The van der Waals surface area contributed by atoms with Gasteiger partial charge in [-0.05, 0) is 73.4 Å². The molecular formula is C22H25BrClFN6. The second-order valence-electron chi connectivity index (χ2n) is 8.30. The second kappa shape index (κ2) is 9.14. The van der Waals surface area contributed by atoms with Crippen molar-refractivity contribution < 1.29 is 4.39 Å². The van der Waals surface area contributed by atoms with Gasteiger partial charge >= 0.3 is 0 Å². The van der Waals surface area contributed by atoms with Crippen molar-refractivity contribution in [1.29, 1.82) is 0 Å². The van der Waals surface area contributed by atoms with Gasteiger partial charge in [0.05, 0.1) is 33.7 Å². The molecule has 2 aromatic heterocycles. The number of halogens is 3. The SMILES string of the molecule is CN(C)C[C@@H]1CC[C@H](Nc2c(C(N)=Nc3cc(F)ccc3Cl)cnn3cc(Br)cc23)C1. The molecule has 3 aromatic rings. The average molecular weight is 508 g/mol. The van der Waals surface area contributed by atoms with E-state index in [2.05, 4.69) is 50.3 Å². The van der Waals surface area contributed by atoms with Crippen molar-refractivity contribution in [2.45, 2.75) is 25.3 Å². The van der Waals surface area contributed by atoms with Gasteiger partial charge in [0.1, 0.15) is 11.7 Å². The number of hydrogen-bond donors (Lipinski definition) is 2. The summed E-state index contributed by atoms with van der Waals surface area (Å²) in [6, 6.07) is 6.35. The number of aliphatic imine (C=N–C) groups is 1. The second-order valence-corrected chi connectivity index (χ2v) is 9.62. The number of hydrogen-bond acceptors (Lipinski definition) is 4. The third kappa shape index (κ3) is 5.02. The van der Waals surface area contributed by atoms with E-state index in [4.69, 9.17) is 17.3 Å². The fourth-order valence-electron chi connectivity index (χ4n) is 4.22. The minimum absolute atomic E-state index is 0.227. The van der Waals surface area contributed by atoms with Crippen molar-refractivity contribution in [1.82, 2.24) is 14.5 Å². The number of nitrogens with zero attached hydrogens (tertiary/aromatic N) is 4. The van der Waals surface area contributed by atoms with Crippen LogP contribution in [0.4, 0.5) is 15.8 Å². The smallest absolute Gasteiger partial charge is 0.135 e. The highest BCUT2D eigenvalue weighted by Crippen LogP contribution is 2.33. The number of benzene rings is 1. The fourth-order valence-corrected chi connectivity index (χ4v) is 4.80. The molecule has 1 saturated carbocycles. The Morgan fingerprint density at radius 1 is 1.39 bits per heavy atom. The molecule has 0 unspecified atom stereocenters. The van der Waals surface area contributed by atoms with Gasteiger partial charge in [0, 0.05) is 29.3 Å². The van der Waals surface area contributed by atoms with Gasteiger partial charge in [0.15, 0.2) is 0 Å². The number of fused-ring (bicyclic) bond motifs is 1. The van der Waals surface area contributed by atoms with E-state index in [1.54, 1.807) is 10.7 Å². The third-order valence-corrected chi connectivity index (χ3v) is 6.30. The number of nitrogens with two attached hydrogens (primary N) is 1. The Balaban J connectivity index is 1.70. The van der Waals surface area contributed by atoms with Crippen LogP contribution in [0, 0.1) is 11.7 Å². The van der Waals surface area contributed by atoms with Gasteiger partial charge in [-0.15, -0.1) is 0 Å². The lowest BCUT2D eigenvalue weighted by atomic mass is 10.1. The fraction of sp³-hybridized carbons (Fsp3) is 0.364. The highest BCUT2D eigenvalue weighted by molar-refractivity contribution is 9.10. The lowest BCUT2D eigenvalue weighted by molar-refractivity contribution is 0.327. The zero-order chi connectivity index (χ0) is 22.1. The molecule has 0 spiro atoms. The molecule has 0 bridgehead atoms. The maximum absolute atomic E-state index is 13.7. The Morgan fingerprint density at radius 2 is 2.19 bits per heavy atom. The van der Waals surface area contributed by atoms with Gasteiger partial charge in [-0.25, -0.2) is 13.9 Å². The maximum Gasteiger partial charge on any atom is 0.135 e. The molecule has 1 aliphatic rings. The van der Waals surface area contributed by atoms with Crippen LogP contribution in [0.1, 0.15) is 24.8 Å². The number of nitrogens with one attached hydrogen (secondary N) is 1. The van der Waals surface area contributed by atoms with Gasteiger partial charge in [-0.3, -0.25) is 0 Å². The molecule has 1 aromatic carbocycles. The van der Waals surface area contributed by atoms with Crippen molar-refractivity contribution in [2.75, 3.05) is 26.0 Å². The topological polar surface area (TPSA) is 70.9 Å². The van der Waals surface area contributed by atoms with E-state index in [0.717, 1.165) is 35.1 Å². The first-order valence-corrected chi connectivity index (χ1v) is 11.3. The Morgan fingerprint density at radius 3 is 2.97 bits per heavy atom. The highest BCUT2D eigenvalue weighted by Gasteiger charge is 2.27. The molecule has 0 radical (unpaired) electrons. The van der Waals surface area contributed by atoms with Gasteiger partial charge < -0.3 is 16.0 Å². The van der Waals surface area contributed by atoms with Crippen LogP contribution in [0.2, 0.25) is 5.02 Å². The van der Waals surface area contributed by atoms with Crippen LogP contribution in [0.5, 0.6) is 0 Å². The molecule has 0 saturated heterocycles. The van der Waals surface area contributed by atoms with Gasteiger partial charge in [-0.2, -0.15) is 5.10 Å². The monoisotopic (exact) mass is 506 g/mol. The van der Waals surface area contributed by atoms with E-state index < -0.39 is 5.82 Å². The van der Waals surface area contributed by atoms with Crippen molar-refractivity contribution in [3.8, 4) is 0 Å². The van der Waals surface area contributed by atoms with Gasteiger partial charge in [0.2, 0.25) is 0 Å². The van der Waals surface area contributed by atoms with E-state index >= 15 is 0 Å². The Labute approximate surface area is 194 Å². The summed E-state index contributed by atoms with van der Waals surface area (Å²) in [5, 5.41) is 8.49. The number of anilines is 1. The van der Waals surface area contributed by atoms with Crippen LogP contribution in [0.3, 0.4) is 0 Å². The first-order valence-electron chi connectivity index (χ1n) is 10.2. The van der Waals surface area contributed by atoms with Crippen molar-refractivity contribution in [3.05, 3.63) is 57.5 Å². The molecule has 2 heterocycles. The third-order valence-electron chi connectivity index (χ3n) is 5.54. The predicted octanol–water partition coefficient (Wildman–Crippen LogP) is 5.07. The maximum atomic E-state index is 13.7. The summed E-state index contributed by atoms with van der Waals surface area (Å²) in [5.74, 6) is 0.464. The summed E-state index contributed by atoms with van der Waals surface area (Å²) >= 11 is 9.71. The Kier molecular flexibility index (Phi) is 6.50. The molecule has 31 heavy (non-hydrogen) atoms. The predicted molar refractivity (Wildman–Crippen MR) is 128 cm³/mol. The number of amidine groups is 1. The molecule has 0 aliphatic heterocycles. The molecule has 0 amide bonds. The minimum atomic E-state index is -0.420. The molecule has 1 aliphatic carbocycles. The van der Waals surface area contributed by atoms with Crippen LogP contribution in [0.15, 0.2) is 46.1 Å². The largest absolute Gasteiger partial charge is 0.383 e. The summed E-state index contributed by atoms with van der Waals surface area (Å²) in [7, 11) is 4.22. The van der Waals surface area contributed by atoms with Gasteiger partial charge in [-0.1, -0.05) is 11.6 Å². The normalized spacial score (nSPS) is 19.5. The lowest BCUT2D eigenvalue weighted by Gasteiger charge is -2.20. The zero-order valence-electron chi connectivity index (χ0n) is 17.4. The van der Waals surface area contributed by atoms with Crippen LogP contribution in [0.25, 0.3) is 5.52 Å². The molecule has 164 valence electrons. The van der Waals surface area contributed by atoms with E-state index in [-0.39, 0.29) is 11.5 Å². The van der Waals surface area contributed by atoms with Crippen LogP contribution in [-0.4, -0.2) is 47.0 Å². The average Bonchev–Trinajstić information content (AvgIpc) is 3.29. The Hall–Kier alpha value is -2.16. The Bertz CT molecular complexity index is 1130. The summed E-state index contributed by atoms with van der Waals surface area (Å²) in [6.07, 6.45) is 6.92. The van der Waals surface area contributed by atoms with Gasteiger partial charge in [0.25, 0.3) is 0 Å². The summed E-state index contributed by atoms with van der Waals surface area (Å²) < 4.78 is 16.4. The van der Waals surface area contributed by atoms with Crippen LogP contribution < -0.4 is 11.1 Å². The number of rotatable bonds is 6. The van der Waals surface area contributed by atoms with Crippen molar-refractivity contribution >= 4 is 50.3 Å². The summed E-state index contributed by atoms with van der Waals surface area (Å²) in [4.78, 5) is 6.64. The van der Waals surface area contributed by atoms with E-state index in [1.165, 1.54) is 24.6 Å². The molecule has 2 atom stereocenters. The van der Waals surface area contributed by atoms with Crippen LogP contribution in [-0.2, 0) is 0 Å². The standard InChI is InChI=1S/C22H25BrClFN6/c1-30(2)11-13-3-5-16(7-13)28-21-17(10-27-31-12-14(23)8-20(21)31)22(26)29-19-9-15(25)4-6-18(19)24/h4,6,8-10,12-13,16,28H,3,5,7,11H2,1-2H3,(H2,26,29)/t13-,16+/m1/s1. The van der Waals surface area contributed by atoms with Crippen LogP contribution >= 0.6 is 27.5 Å². The number of aromatic nitrogens is 2. The van der Waals surface area contributed by atoms with Crippen molar-refractivity contribution in [2.24, 2.45) is 16.6 Å². The molecule has 4 rings (SSSR count). The van der Waals surface area contributed by atoms with E-state index in [0.29, 0.717) is 22.5 Å².